The summed E-state index contributed by atoms with van der Waals surface area (Å²) in [5.41, 5.74) is 3.00. The SMILES string of the molecule is COC(=O)c1cc(Cl)ccc1-c1cc(Cl)nc(C2CC2)c1. The maximum absolute atomic E-state index is 11.9. The predicted octanol–water partition coefficient (Wildman–Crippen LogP) is 4.72. The molecule has 1 saturated carbocycles. The fourth-order valence-electron chi connectivity index (χ4n) is 2.31. The minimum atomic E-state index is -0.423. The van der Waals surface area contributed by atoms with E-state index in [9.17, 15) is 4.79 Å². The van der Waals surface area contributed by atoms with Crippen LogP contribution in [0.5, 0.6) is 0 Å². The largest absolute Gasteiger partial charge is 0.465 e. The molecule has 1 aliphatic carbocycles. The number of methoxy groups -OCH3 is 1. The smallest absolute Gasteiger partial charge is 0.338 e. The molecule has 0 unspecified atom stereocenters. The highest BCUT2D eigenvalue weighted by molar-refractivity contribution is 6.31. The molecule has 0 saturated heterocycles. The van der Waals surface area contributed by atoms with Crippen LogP contribution >= 0.6 is 23.2 Å². The number of ether oxygens (including phenoxy) is 1. The molecule has 0 spiro atoms. The van der Waals surface area contributed by atoms with E-state index >= 15 is 0 Å². The molecule has 1 heterocycles. The monoisotopic (exact) mass is 321 g/mol. The van der Waals surface area contributed by atoms with Crippen molar-refractivity contribution in [1.82, 2.24) is 4.98 Å². The quantitative estimate of drug-likeness (QED) is 0.606. The van der Waals surface area contributed by atoms with Gasteiger partial charge in [0.05, 0.1) is 12.7 Å². The summed E-state index contributed by atoms with van der Waals surface area (Å²) in [6, 6.07) is 8.89. The van der Waals surface area contributed by atoms with Crippen LogP contribution in [0.25, 0.3) is 11.1 Å². The second kappa shape index (κ2) is 5.66. The van der Waals surface area contributed by atoms with Gasteiger partial charge in [-0.1, -0.05) is 29.3 Å². The van der Waals surface area contributed by atoms with Crippen LogP contribution in [0.2, 0.25) is 10.2 Å². The van der Waals surface area contributed by atoms with Gasteiger partial charge < -0.3 is 4.74 Å². The van der Waals surface area contributed by atoms with Crippen LogP contribution in [0, 0.1) is 0 Å². The van der Waals surface area contributed by atoms with Gasteiger partial charge in [-0.05, 0) is 48.2 Å². The third-order valence-electron chi connectivity index (χ3n) is 3.51. The van der Waals surface area contributed by atoms with E-state index in [-0.39, 0.29) is 0 Å². The average Bonchev–Trinajstić information content (AvgIpc) is 3.30. The number of esters is 1. The molecule has 0 amide bonds. The fraction of sp³-hybridized carbons (Fsp3) is 0.250. The van der Waals surface area contributed by atoms with E-state index in [2.05, 4.69) is 4.98 Å². The van der Waals surface area contributed by atoms with Crippen molar-refractivity contribution < 1.29 is 9.53 Å². The molecular formula is C16H13Cl2NO2. The van der Waals surface area contributed by atoms with Crippen molar-refractivity contribution in [2.45, 2.75) is 18.8 Å². The van der Waals surface area contributed by atoms with Crippen LogP contribution in [0.4, 0.5) is 0 Å². The Morgan fingerprint density at radius 1 is 1.24 bits per heavy atom. The van der Waals surface area contributed by atoms with Crippen LogP contribution < -0.4 is 0 Å². The standard InChI is InChI=1S/C16H13Cl2NO2/c1-21-16(20)13-8-11(17)4-5-12(13)10-6-14(9-2-3-9)19-15(18)7-10/h4-9H,2-3H2,1H3. The molecule has 0 bridgehead atoms. The zero-order valence-corrected chi connectivity index (χ0v) is 12.9. The van der Waals surface area contributed by atoms with Crippen molar-refractivity contribution in [3.8, 4) is 11.1 Å². The second-order valence-electron chi connectivity index (χ2n) is 5.06. The van der Waals surface area contributed by atoms with Gasteiger partial charge >= 0.3 is 5.97 Å². The fourth-order valence-corrected chi connectivity index (χ4v) is 2.70. The number of hydrogen-bond donors (Lipinski definition) is 0. The van der Waals surface area contributed by atoms with Gasteiger partial charge in [-0.2, -0.15) is 0 Å². The van der Waals surface area contributed by atoms with Crippen molar-refractivity contribution in [3.05, 3.63) is 51.8 Å². The Bertz CT molecular complexity index is 711. The van der Waals surface area contributed by atoms with Gasteiger partial charge in [0.2, 0.25) is 0 Å². The Labute approximate surface area is 132 Å². The lowest BCUT2D eigenvalue weighted by Gasteiger charge is -2.10. The first kappa shape index (κ1) is 14.4. The topological polar surface area (TPSA) is 39.2 Å². The van der Waals surface area contributed by atoms with E-state index in [0.717, 1.165) is 29.7 Å². The third kappa shape index (κ3) is 3.04. The van der Waals surface area contributed by atoms with Crippen LogP contribution in [-0.2, 0) is 4.74 Å². The molecule has 1 aromatic carbocycles. The predicted molar refractivity (Wildman–Crippen MR) is 83.0 cm³/mol. The molecule has 108 valence electrons. The molecule has 1 aliphatic rings. The molecule has 0 atom stereocenters. The van der Waals surface area contributed by atoms with Gasteiger partial charge in [-0.3, -0.25) is 0 Å². The molecule has 1 aromatic heterocycles. The Hall–Kier alpha value is -1.58. The van der Waals surface area contributed by atoms with Gasteiger partial charge in [0, 0.05) is 16.6 Å². The third-order valence-corrected chi connectivity index (χ3v) is 3.94. The molecule has 2 aromatic rings. The summed E-state index contributed by atoms with van der Waals surface area (Å²) < 4.78 is 4.83. The molecule has 21 heavy (non-hydrogen) atoms. The molecule has 1 fully saturated rings. The molecular weight excluding hydrogens is 309 g/mol. The normalized spacial score (nSPS) is 14.0. The van der Waals surface area contributed by atoms with Crippen molar-refractivity contribution in [3.63, 3.8) is 0 Å². The summed E-state index contributed by atoms with van der Waals surface area (Å²) in [4.78, 5) is 16.3. The van der Waals surface area contributed by atoms with Crippen molar-refractivity contribution in [2.24, 2.45) is 0 Å². The Kier molecular flexibility index (Phi) is 3.87. The van der Waals surface area contributed by atoms with E-state index in [0.29, 0.717) is 21.7 Å². The van der Waals surface area contributed by atoms with Crippen LogP contribution in [0.15, 0.2) is 30.3 Å². The van der Waals surface area contributed by atoms with Gasteiger partial charge in [0.25, 0.3) is 0 Å². The van der Waals surface area contributed by atoms with Crippen molar-refractivity contribution in [1.29, 1.82) is 0 Å². The van der Waals surface area contributed by atoms with E-state index in [1.807, 2.05) is 6.07 Å². The zero-order valence-electron chi connectivity index (χ0n) is 11.4. The lowest BCUT2D eigenvalue weighted by atomic mass is 9.99. The highest BCUT2D eigenvalue weighted by atomic mass is 35.5. The first-order valence-electron chi connectivity index (χ1n) is 6.64. The van der Waals surface area contributed by atoms with E-state index < -0.39 is 5.97 Å². The second-order valence-corrected chi connectivity index (χ2v) is 5.88. The van der Waals surface area contributed by atoms with Gasteiger partial charge in [-0.15, -0.1) is 0 Å². The molecule has 0 N–H and O–H groups in total. The summed E-state index contributed by atoms with van der Waals surface area (Å²) in [7, 11) is 1.35. The highest BCUT2D eigenvalue weighted by Gasteiger charge is 2.26. The Balaban J connectivity index is 2.13. The van der Waals surface area contributed by atoms with Gasteiger partial charge in [0.15, 0.2) is 0 Å². The maximum Gasteiger partial charge on any atom is 0.338 e. The number of nitrogens with zero attached hydrogens (tertiary/aromatic N) is 1. The van der Waals surface area contributed by atoms with E-state index in [4.69, 9.17) is 27.9 Å². The highest BCUT2D eigenvalue weighted by Crippen LogP contribution is 2.41. The van der Waals surface area contributed by atoms with Crippen LogP contribution in [0.1, 0.15) is 34.8 Å². The number of carbonyl (C=O) groups excluding carboxylic acids is 1. The summed E-state index contributed by atoms with van der Waals surface area (Å²) in [6.45, 7) is 0. The first-order valence-corrected chi connectivity index (χ1v) is 7.40. The molecule has 5 heteroatoms. The summed E-state index contributed by atoms with van der Waals surface area (Å²) in [5, 5.41) is 0.918. The molecule has 3 rings (SSSR count). The minimum absolute atomic E-state index is 0.423. The lowest BCUT2D eigenvalue weighted by Crippen LogP contribution is -2.04. The number of carbonyl (C=O) groups is 1. The summed E-state index contributed by atoms with van der Waals surface area (Å²) in [6.07, 6.45) is 2.27. The Morgan fingerprint density at radius 2 is 2.00 bits per heavy atom. The van der Waals surface area contributed by atoms with Crippen molar-refractivity contribution >= 4 is 29.2 Å². The number of hydrogen-bond acceptors (Lipinski definition) is 3. The number of pyridine rings is 1. The van der Waals surface area contributed by atoms with Crippen molar-refractivity contribution in [2.75, 3.05) is 7.11 Å². The Morgan fingerprint density at radius 3 is 2.67 bits per heavy atom. The molecule has 3 nitrogen and oxygen atoms in total. The number of benzene rings is 1. The maximum atomic E-state index is 11.9. The van der Waals surface area contributed by atoms with Crippen LogP contribution in [0.3, 0.4) is 0 Å². The van der Waals surface area contributed by atoms with E-state index in [1.54, 1.807) is 24.3 Å². The number of halogens is 2. The zero-order chi connectivity index (χ0) is 15.0. The van der Waals surface area contributed by atoms with E-state index in [1.165, 1.54) is 7.11 Å². The minimum Gasteiger partial charge on any atom is -0.465 e. The first-order chi connectivity index (χ1) is 10.1. The summed E-state index contributed by atoms with van der Waals surface area (Å²) in [5.74, 6) is 0.0599. The average molecular weight is 322 g/mol. The lowest BCUT2D eigenvalue weighted by molar-refractivity contribution is 0.0601. The summed E-state index contributed by atoms with van der Waals surface area (Å²) >= 11 is 12.1. The van der Waals surface area contributed by atoms with Gasteiger partial charge in [0.1, 0.15) is 5.15 Å². The van der Waals surface area contributed by atoms with Crippen LogP contribution in [-0.4, -0.2) is 18.1 Å². The molecule has 0 aliphatic heterocycles. The number of rotatable bonds is 3. The van der Waals surface area contributed by atoms with Gasteiger partial charge in [-0.25, -0.2) is 9.78 Å². The number of aromatic nitrogens is 1. The molecule has 0 radical (unpaired) electrons.